The van der Waals surface area contributed by atoms with Gasteiger partial charge in [-0.2, -0.15) is 0 Å². The average molecular weight is 341 g/mol. The van der Waals surface area contributed by atoms with Gasteiger partial charge in [-0.3, -0.25) is 4.79 Å². The molecule has 134 valence electrons. The number of nitrogens with one attached hydrogen (secondary N) is 1. The highest BCUT2D eigenvalue weighted by Crippen LogP contribution is 2.26. The fraction of sp³-hybridized carbons (Fsp3) is 0.500. The molecular weight excluding hydrogens is 314 g/mol. The summed E-state index contributed by atoms with van der Waals surface area (Å²) < 4.78 is 5.12. The van der Waals surface area contributed by atoms with Crippen LogP contribution in [-0.2, 0) is 4.74 Å². The van der Waals surface area contributed by atoms with Crippen LogP contribution in [0.15, 0.2) is 30.3 Å². The number of hydrogen-bond donors (Lipinski definition) is 1. The minimum absolute atomic E-state index is 0.0390. The number of nitrogens with zero attached hydrogens (tertiary/aromatic N) is 2. The van der Waals surface area contributed by atoms with Crippen molar-refractivity contribution in [1.82, 2.24) is 10.3 Å². The Morgan fingerprint density at radius 3 is 3.00 bits per heavy atom. The largest absolute Gasteiger partial charge is 0.383 e. The molecule has 1 amide bonds. The smallest absolute Gasteiger partial charge is 0.252 e. The van der Waals surface area contributed by atoms with E-state index in [1.54, 1.807) is 7.11 Å². The average Bonchev–Trinajstić information content (AvgIpc) is 2.61. The van der Waals surface area contributed by atoms with Gasteiger partial charge in [0.15, 0.2) is 0 Å². The van der Waals surface area contributed by atoms with Crippen LogP contribution in [0.3, 0.4) is 0 Å². The van der Waals surface area contributed by atoms with E-state index < -0.39 is 0 Å². The summed E-state index contributed by atoms with van der Waals surface area (Å²) in [5.74, 6) is 1.48. The van der Waals surface area contributed by atoms with E-state index in [1.165, 1.54) is 12.8 Å². The Kier molecular flexibility index (Phi) is 5.53. The summed E-state index contributed by atoms with van der Waals surface area (Å²) in [6.07, 6.45) is 2.42. The van der Waals surface area contributed by atoms with Gasteiger partial charge in [0.05, 0.1) is 17.7 Å². The van der Waals surface area contributed by atoms with E-state index in [0.29, 0.717) is 18.1 Å². The predicted octanol–water partition coefficient (Wildman–Crippen LogP) is 3.24. The second-order valence-corrected chi connectivity index (χ2v) is 7.07. The van der Waals surface area contributed by atoms with E-state index in [9.17, 15) is 4.79 Å². The Bertz CT molecular complexity index is 747. The van der Waals surface area contributed by atoms with Gasteiger partial charge in [-0.05, 0) is 37.8 Å². The van der Waals surface area contributed by atoms with Crippen LogP contribution in [0, 0.1) is 5.92 Å². The molecule has 5 heteroatoms. The molecule has 0 radical (unpaired) electrons. The van der Waals surface area contributed by atoms with Crippen molar-refractivity contribution in [1.29, 1.82) is 0 Å². The van der Waals surface area contributed by atoms with Gasteiger partial charge in [-0.1, -0.05) is 25.1 Å². The summed E-state index contributed by atoms with van der Waals surface area (Å²) >= 11 is 0. The number of benzene rings is 1. The van der Waals surface area contributed by atoms with E-state index in [-0.39, 0.29) is 11.9 Å². The molecule has 1 aromatic heterocycles. The van der Waals surface area contributed by atoms with Crippen molar-refractivity contribution in [3.05, 3.63) is 35.9 Å². The fourth-order valence-corrected chi connectivity index (χ4v) is 3.50. The minimum atomic E-state index is -0.0746. The zero-order valence-electron chi connectivity index (χ0n) is 15.3. The van der Waals surface area contributed by atoms with Gasteiger partial charge in [-0.15, -0.1) is 0 Å². The second kappa shape index (κ2) is 7.83. The third-order valence-electron chi connectivity index (χ3n) is 4.72. The van der Waals surface area contributed by atoms with E-state index >= 15 is 0 Å². The Morgan fingerprint density at radius 2 is 2.24 bits per heavy atom. The van der Waals surface area contributed by atoms with Crippen molar-refractivity contribution in [2.24, 2.45) is 5.92 Å². The van der Waals surface area contributed by atoms with Gasteiger partial charge in [0.1, 0.15) is 5.82 Å². The molecule has 0 saturated carbocycles. The van der Waals surface area contributed by atoms with Gasteiger partial charge >= 0.3 is 0 Å². The van der Waals surface area contributed by atoms with Crippen LogP contribution in [0.1, 0.15) is 37.0 Å². The summed E-state index contributed by atoms with van der Waals surface area (Å²) in [4.78, 5) is 19.9. The zero-order chi connectivity index (χ0) is 17.8. The van der Waals surface area contributed by atoms with E-state index in [4.69, 9.17) is 9.72 Å². The first-order valence-corrected chi connectivity index (χ1v) is 9.03. The number of aromatic nitrogens is 1. The maximum absolute atomic E-state index is 12.8. The van der Waals surface area contributed by atoms with Crippen molar-refractivity contribution in [2.75, 3.05) is 31.7 Å². The number of rotatable bonds is 5. The van der Waals surface area contributed by atoms with Crippen LogP contribution in [-0.4, -0.2) is 43.7 Å². The summed E-state index contributed by atoms with van der Waals surface area (Å²) in [6, 6.07) is 9.75. The summed E-state index contributed by atoms with van der Waals surface area (Å²) in [7, 11) is 1.64. The molecule has 1 aromatic carbocycles. The standard InChI is InChI=1S/C20H27N3O2/c1-14-7-6-10-23(12-14)19-11-17(20(24)21-15(2)13-25-3)16-8-4-5-9-18(16)22-19/h4-5,8-9,11,14-15H,6-7,10,12-13H2,1-3H3,(H,21,24)/t14-,15+/m0/s1. The molecular formula is C20H27N3O2. The monoisotopic (exact) mass is 341 g/mol. The first kappa shape index (κ1) is 17.7. The molecule has 0 spiro atoms. The molecule has 2 atom stereocenters. The van der Waals surface area contributed by atoms with E-state index in [1.807, 2.05) is 37.3 Å². The van der Waals surface area contributed by atoms with Crippen LogP contribution in [0.5, 0.6) is 0 Å². The summed E-state index contributed by atoms with van der Waals surface area (Å²) in [5, 5.41) is 3.91. The third-order valence-corrected chi connectivity index (χ3v) is 4.72. The first-order chi connectivity index (χ1) is 12.1. The third kappa shape index (κ3) is 4.10. The first-order valence-electron chi connectivity index (χ1n) is 9.03. The number of carbonyl (C=O) groups is 1. The quantitative estimate of drug-likeness (QED) is 0.907. The van der Waals surface area contributed by atoms with Gasteiger partial charge < -0.3 is 15.0 Å². The van der Waals surface area contributed by atoms with Crippen LogP contribution in [0.25, 0.3) is 10.9 Å². The maximum atomic E-state index is 12.8. The molecule has 25 heavy (non-hydrogen) atoms. The molecule has 5 nitrogen and oxygen atoms in total. The lowest BCUT2D eigenvalue weighted by atomic mass is 10.00. The number of piperidine rings is 1. The number of hydrogen-bond acceptors (Lipinski definition) is 4. The molecule has 0 unspecified atom stereocenters. The maximum Gasteiger partial charge on any atom is 0.252 e. The van der Waals surface area contributed by atoms with E-state index in [2.05, 4.69) is 17.1 Å². The highest BCUT2D eigenvalue weighted by Gasteiger charge is 2.21. The van der Waals surface area contributed by atoms with Crippen molar-refractivity contribution in [3.8, 4) is 0 Å². The Balaban J connectivity index is 1.96. The molecule has 1 saturated heterocycles. The number of anilines is 1. The summed E-state index contributed by atoms with van der Waals surface area (Å²) in [6.45, 7) is 6.69. The number of methoxy groups -OCH3 is 1. The number of para-hydroxylation sites is 1. The SMILES string of the molecule is COC[C@@H](C)NC(=O)c1cc(N2CCC[C@H](C)C2)nc2ccccc12. The van der Waals surface area contributed by atoms with Crippen LogP contribution >= 0.6 is 0 Å². The van der Waals surface area contributed by atoms with Crippen LogP contribution in [0.4, 0.5) is 5.82 Å². The number of carbonyl (C=O) groups excluding carboxylic acids is 1. The topological polar surface area (TPSA) is 54.5 Å². The molecule has 3 rings (SSSR count). The molecule has 1 aliphatic heterocycles. The number of pyridine rings is 1. The normalized spacial score (nSPS) is 19.0. The van der Waals surface area contributed by atoms with Crippen molar-refractivity contribution >= 4 is 22.6 Å². The molecule has 1 aliphatic rings. The van der Waals surface area contributed by atoms with E-state index in [0.717, 1.165) is 29.8 Å². The summed E-state index contributed by atoms with van der Waals surface area (Å²) in [5.41, 5.74) is 1.55. The van der Waals surface area contributed by atoms with Crippen molar-refractivity contribution < 1.29 is 9.53 Å². The lowest BCUT2D eigenvalue weighted by Crippen LogP contribution is -2.37. The Labute approximate surface area is 149 Å². The highest BCUT2D eigenvalue weighted by atomic mass is 16.5. The molecule has 0 bridgehead atoms. The Morgan fingerprint density at radius 1 is 1.44 bits per heavy atom. The highest BCUT2D eigenvalue weighted by molar-refractivity contribution is 6.07. The lowest BCUT2D eigenvalue weighted by molar-refractivity contribution is 0.0907. The van der Waals surface area contributed by atoms with Gasteiger partial charge in [0.25, 0.3) is 5.91 Å². The predicted molar refractivity (Wildman–Crippen MR) is 101 cm³/mol. The Hall–Kier alpha value is -2.14. The van der Waals surface area contributed by atoms with Crippen molar-refractivity contribution in [3.63, 3.8) is 0 Å². The molecule has 1 fully saturated rings. The van der Waals surface area contributed by atoms with Gasteiger partial charge in [0.2, 0.25) is 0 Å². The van der Waals surface area contributed by atoms with Gasteiger partial charge in [-0.25, -0.2) is 4.98 Å². The lowest BCUT2D eigenvalue weighted by Gasteiger charge is -2.32. The molecule has 2 aromatic rings. The molecule has 2 heterocycles. The fourth-order valence-electron chi connectivity index (χ4n) is 3.50. The van der Waals surface area contributed by atoms with Crippen molar-refractivity contribution in [2.45, 2.75) is 32.7 Å². The van der Waals surface area contributed by atoms with Crippen LogP contribution < -0.4 is 10.2 Å². The number of fused-ring (bicyclic) bond motifs is 1. The molecule has 0 aliphatic carbocycles. The van der Waals surface area contributed by atoms with Crippen LogP contribution in [0.2, 0.25) is 0 Å². The number of amides is 1. The van der Waals surface area contributed by atoms with Gasteiger partial charge in [0, 0.05) is 31.6 Å². The second-order valence-electron chi connectivity index (χ2n) is 7.07. The number of ether oxygens (including phenoxy) is 1. The zero-order valence-corrected chi connectivity index (χ0v) is 15.3. The molecule has 1 N–H and O–H groups in total. The minimum Gasteiger partial charge on any atom is -0.383 e.